The quantitative estimate of drug-likeness (QED) is 0.786. The molecule has 3 N–H and O–H groups in total. The van der Waals surface area contributed by atoms with Gasteiger partial charge in [0, 0.05) is 6.20 Å². The van der Waals surface area contributed by atoms with Gasteiger partial charge in [0.1, 0.15) is 0 Å². The number of anilines is 2. The Morgan fingerprint density at radius 1 is 1.50 bits per heavy atom. The van der Waals surface area contributed by atoms with Crippen LogP contribution in [-0.4, -0.2) is 19.2 Å². The number of rotatable bonds is 3. The summed E-state index contributed by atoms with van der Waals surface area (Å²) in [6.07, 6.45) is 1.24. The number of hydrogen-bond donors (Lipinski definition) is 2. The molecular weight excluding hydrogens is 216 g/mol. The van der Waals surface area contributed by atoms with E-state index in [0.717, 1.165) is 0 Å². The fraction of sp³-hybridized carbons (Fsp3) is 0.167. The van der Waals surface area contributed by atoms with Crippen LogP contribution in [0.3, 0.4) is 0 Å². The molecule has 0 bridgehead atoms. The Hall–Kier alpha value is -1.44. The zero-order valence-electron chi connectivity index (χ0n) is 6.81. The van der Waals surface area contributed by atoms with Crippen LogP contribution in [-0.2, 0) is 10.0 Å². The van der Waals surface area contributed by atoms with E-state index in [1.165, 1.54) is 18.3 Å². The zero-order chi connectivity index (χ0) is 10.8. The van der Waals surface area contributed by atoms with Crippen molar-refractivity contribution in [1.82, 2.24) is 4.98 Å². The third-order valence-electron chi connectivity index (χ3n) is 1.31. The van der Waals surface area contributed by atoms with Crippen molar-refractivity contribution in [3.63, 3.8) is 0 Å². The molecule has 0 aliphatic rings. The van der Waals surface area contributed by atoms with Crippen LogP contribution in [0.25, 0.3) is 0 Å². The smallest absolute Gasteiger partial charge is 0.355 e. The highest BCUT2D eigenvalue weighted by molar-refractivity contribution is 7.93. The second-order valence-corrected chi connectivity index (χ2v) is 4.00. The minimum Gasteiger partial charge on any atom is -0.396 e. The maximum Gasteiger partial charge on any atom is 0.355 e. The van der Waals surface area contributed by atoms with Crippen LogP contribution >= 0.6 is 0 Å². The number of nitrogens with one attached hydrogen (secondary N) is 1. The fourth-order valence-corrected chi connectivity index (χ4v) is 1.21. The second-order valence-electron chi connectivity index (χ2n) is 2.35. The van der Waals surface area contributed by atoms with Gasteiger partial charge in [0.2, 0.25) is 0 Å². The minimum absolute atomic E-state index is 0.0169. The fourth-order valence-electron chi connectivity index (χ4n) is 0.682. The van der Waals surface area contributed by atoms with Crippen LogP contribution in [0, 0.1) is 0 Å². The van der Waals surface area contributed by atoms with Gasteiger partial charge < -0.3 is 5.73 Å². The van der Waals surface area contributed by atoms with Crippen molar-refractivity contribution >= 4 is 21.5 Å². The lowest BCUT2D eigenvalue weighted by Gasteiger charge is -2.07. The first kappa shape index (κ1) is 10.6. The van der Waals surface area contributed by atoms with Crippen LogP contribution in [0.4, 0.5) is 20.3 Å². The second kappa shape index (κ2) is 3.74. The normalized spacial score (nSPS) is 11.6. The van der Waals surface area contributed by atoms with Crippen molar-refractivity contribution < 1.29 is 17.2 Å². The van der Waals surface area contributed by atoms with Gasteiger partial charge in [-0.1, -0.05) is 0 Å². The third-order valence-corrected chi connectivity index (χ3v) is 2.26. The summed E-state index contributed by atoms with van der Waals surface area (Å²) < 4.78 is 46.8. The Labute approximate surface area is 79.0 Å². The molecule has 5 nitrogen and oxygen atoms in total. The molecule has 1 aromatic heterocycles. The van der Waals surface area contributed by atoms with E-state index in [4.69, 9.17) is 5.73 Å². The van der Waals surface area contributed by atoms with Crippen molar-refractivity contribution in [2.75, 3.05) is 10.5 Å². The number of pyridine rings is 1. The van der Waals surface area contributed by atoms with Crippen LogP contribution in [0.1, 0.15) is 0 Å². The van der Waals surface area contributed by atoms with Gasteiger partial charge in [0.25, 0.3) is 10.0 Å². The highest BCUT2D eigenvalue weighted by atomic mass is 32.2. The van der Waals surface area contributed by atoms with Crippen molar-refractivity contribution in [3.05, 3.63) is 18.3 Å². The van der Waals surface area contributed by atoms with Crippen molar-refractivity contribution in [2.45, 2.75) is 5.76 Å². The van der Waals surface area contributed by atoms with E-state index >= 15 is 0 Å². The topological polar surface area (TPSA) is 85.1 Å². The van der Waals surface area contributed by atoms with Crippen molar-refractivity contribution in [3.8, 4) is 0 Å². The highest BCUT2D eigenvalue weighted by Gasteiger charge is 2.24. The van der Waals surface area contributed by atoms with Gasteiger partial charge in [-0.25, -0.2) is 13.4 Å². The molecular formula is C6H7F2N3O2S. The van der Waals surface area contributed by atoms with E-state index in [9.17, 15) is 17.2 Å². The average molecular weight is 223 g/mol. The SMILES string of the molecule is Nc1cccnc1NS(=O)(=O)C(F)F. The summed E-state index contributed by atoms with van der Waals surface area (Å²) in [5.41, 5.74) is 5.28. The molecule has 8 heteroatoms. The first-order valence-corrected chi connectivity index (χ1v) is 4.98. The van der Waals surface area contributed by atoms with Crippen LogP contribution < -0.4 is 10.5 Å². The average Bonchev–Trinajstić information content (AvgIpc) is 2.08. The molecule has 78 valence electrons. The molecule has 0 spiro atoms. The minimum atomic E-state index is -4.70. The van der Waals surface area contributed by atoms with Crippen LogP contribution in [0.2, 0.25) is 0 Å². The maximum absolute atomic E-state index is 11.9. The lowest BCUT2D eigenvalue weighted by atomic mass is 10.4. The van der Waals surface area contributed by atoms with E-state index < -0.39 is 15.8 Å². The monoisotopic (exact) mass is 223 g/mol. The largest absolute Gasteiger partial charge is 0.396 e. The third kappa shape index (κ3) is 2.28. The molecule has 0 radical (unpaired) electrons. The summed E-state index contributed by atoms with van der Waals surface area (Å²) in [6.45, 7) is 0. The molecule has 0 aliphatic heterocycles. The summed E-state index contributed by atoms with van der Waals surface area (Å²) in [5.74, 6) is -3.81. The number of nitrogens with zero attached hydrogens (tertiary/aromatic N) is 1. The zero-order valence-corrected chi connectivity index (χ0v) is 7.63. The molecule has 14 heavy (non-hydrogen) atoms. The van der Waals surface area contributed by atoms with Crippen molar-refractivity contribution in [2.24, 2.45) is 0 Å². The number of nitrogens with two attached hydrogens (primary N) is 1. The van der Waals surface area contributed by atoms with E-state index in [0.29, 0.717) is 0 Å². The molecule has 0 fully saturated rings. The Balaban J connectivity index is 2.96. The van der Waals surface area contributed by atoms with E-state index in [1.807, 2.05) is 0 Å². The van der Waals surface area contributed by atoms with E-state index in [2.05, 4.69) is 4.98 Å². The highest BCUT2D eigenvalue weighted by Crippen LogP contribution is 2.17. The maximum atomic E-state index is 11.9. The van der Waals surface area contributed by atoms with Gasteiger partial charge in [-0.15, -0.1) is 0 Å². The molecule has 0 atom stereocenters. The van der Waals surface area contributed by atoms with Gasteiger partial charge in [0.05, 0.1) is 5.69 Å². The summed E-state index contributed by atoms with van der Waals surface area (Å²) in [6, 6.07) is 2.80. The van der Waals surface area contributed by atoms with Crippen LogP contribution in [0.5, 0.6) is 0 Å². The van der Waals surface area contributed by atoms with Gasteiger partial charge in [0.15, 0.2) is 5.82 Å². The summed E-state index contributed by atoms with van der Waals surface area (Å²) in [7, 11) is -4.70. The molecule has 0 saturated heterocycles. The number of aromatic nitrogens is 1. The molecule has 1 aromatic rings. The molecule has 1 rings (SSSR count). The van der Waals surface area contributed by atoms with Gasteiger partial charge in [-0.3, -0.25) is 4.72 Å². The standard InChI is InChI=1S/C6H7F2N3O2S/c7-6(8)14(12,13)11-5-4(9)2-1-3-10-5/h1-3,6H,9H2,(H,10,11). The number of alkyl halides is 2. The predicted molar refractivity (Wildman–Crippen MR) is 47.2 cm³/mol. The van der Waals surface area contributed by atoms with Gasteiger partial charge in [-0.2, -0.15) is 8.78 Å². The predicted octanol–water partition coefficient (Wildman–Crippen LogP) is 0.628. The van der Waals surface area contributed by atoms with Crippen LogP contribution in [0.15, 0.2) is 18.3 Å². The molecule has 0 unspecified atom stereocenters. The number of nitrogen functional groups attached to an aromatic ring is 1. The Bertz CT molecular complexity index is 421. The van der Waals surface area contributed by atoms with E-state index in [-0.39, 0.29) is 11.5 Å². The lowest BCUT2D eigenvalue weighted by Crippen LogP contribution is -2.21. The summed E-state index contributed by atoms with van der Waals surface area (Å²) >= 11 is 0. The Morgan fingerprint density at radius 2 is 2.14 bits per heavy atom. The summed E-state index contributed by atoms with van der Waals surface area (Å²) in [4.78, 5) is 3.50. The summed E-state index contributed by atoms with van der Waals surface area (Å²) in [5, 5.41) is 0. The molecule has 1 heterocycles. The Kier molecular flexibility index (Phi) is 2.84. The van der Waals surface area contributed by atoms with Gasteiger partial charge in [-0.05, 0) is 12.1 Å². The number of halogens is 2. The molecule has 0 aromatic carbocycles. The number of sulfonamides is 1. The first-order valence-electron chi connectivity index (χ1n) is 3.44. The van der Waals surface area contributed by atoms with Gasteiger partial charge >= 0.3 is 5.76 Å². The van der Waals surface area contributed by atoms with E-state index in [1.54, 1.807) is 4.72 Å². The lowest BCUT2D eigenvalue weighted by molar-refractivity contribution is 0.236. The molecule has 0 saturated carbocycles. The Morgan fingerprint density at radius 3 is 2.64 bits per heavy atom. The molecule has 0 amide bonds. The van der Waals surface area contributed by atoms with Crippen molar-refractivity contribution in [1.29, 1.82) is 0 Å². The molecule has 0 aliphatic carbocycles. The number of hydrogen-bond acceptors (Lipinski definition) is 4. The first-order chi connectivity index (χ1) is 6.43.